The van der Waals surface area contributed by atoms with Crippen molar-refractivity contribution in [3.8, 4) is 0 Å². The van der Waals surface area contributed by atoms with Crippen molar-refractivity contribution in [2.75, 3.05) is 7.05 Å². The Balaban J connectivity index is 2.34. The van der Waals surface area contributed by atoms with E-state index in [1.54, 1.807) is 0 Å². The summed E-state index contributed by atoms with van der Waals surface area (Å²) >= 11 is 0. The number of hydrogen-bond acceptors (Lipinski definition) is 2. The number of rotatable bonds is 4. The van der Waals surface area contributed by atoms with Gasteiger partial charge < -0.3 is 5.32 Å². The second kappa shape index (κ2) is 6.19. The lowest BCUT2D eigenvalue weighted by molar-refractivity contribution is 0.569. The summed E-state index contributed by atoms with van der Waals surface area (Å²) in [6.45, 7) is 8.60. The van der Waals surface area contributed by atoms with Crippen molar-refractivity contribution in [2.24, 2.45) is 0 Å². The fraction of sp³-hybridized carbons (Fsp3) is 0.389. The number of likely N-dealkylation sites (N-methyl/N-ethyl adjacent to an activating group) is 1. The van der Waals surface area contributed by atoms with Crippen molar-refractivity contribution < 1.29 is 0 Å². The van der Waals surface area contributed by atoms with Gasteiger partial charge in [0.25, 0.3) is 0 Å². The number of pyridine rings is 1. The predicted molar refractivity (Wildman–Crippen MR) is 85.1 cm³/mol. The average molecular weight is 268 g/mol. The molecule has 1 heterocycles. The molecule has 0 saturated heterocycles. The van der Waals surface area contributed by atoms with Gasteiger partial charge in [0.2, 0.25) is 0 Å². The van der Waals surface area contributed by atoms with Gasteiger partial charge >= 0.3 is 0 Å². The topological polar surface area (TPSA) is 24.9 Å². The molecule has 0 radical (unpaired) electrons. The van der Waals surface area contributed by atoms with Crippen LogP contribution in [0.2, 0.25) is 0 Å². The Morgan fingerprint density at radius 2 is 1.70 bits per heavy atom. The van der Waals surface area contributed by atoms with Crippen LogP contribution in [0.25, 0.3) is 0 Å². The quantitative estimate of drug-likeness (QED) is 0.912. The molecule has 106 valence electrons. The van der Waals surface area contributed by atoms with Gasteiger partial charge in [0.05, 0.1) is 11.7 Å². The normalized spacial score (nSPS) is 12.4. The van der Waals surface area contributed by atoms with Crippen LogP contribution in [0.4, 0.5) is 0 Å². The van der Waals surface area contributed by atoms with E-state index in [0.29, 0.717) is 0 Å². The van der Waals surface area contributed by atoms with E-state index in [4.69, 9.17) is 0 Å². The highest BCUT2D eigenvalue weighted by Crippen LogP contribution is 2.24. The van der Waals surface area contributed by atoms with Crippen LogP contribution in [-0.4, -0.2) is 12.0 Å². The van der Waals surface area contributed by atoms with Gasteiger partial charge in [-0.3, -0.25) is 4.98 Å². The Kier molecular flexibility index (Phi) is 4.56. The van der Waals surface area contributed by atoms with Crippen molar-refractivity contribution in [2.45, 2.75) is 40.2 Å². The van der Waals surface area contributed by atoms with Gasteiger partial charge in [-0.1, -0.05) is 24.3 Å². The number of aryl methyl sites for hydroxylation is 4. The molecule has 0 amide bonds. The molecule has 1 aromatic heterocycles. The van der Waals surface area contributed by atoms with Crippen LogP contribution in [0.3, 0.4) is 0 Å². The van der Waals surface area contributed by atoms with Crippen LogP contribution < -0.4 is 5.32 Å². The molecular formula is C18H24N2. The van der Waals surface area contributed by atoms with Gasteiger partial charge in [0.15, 0.2) is 0 Å². The van der Waals surface area contributed by atoms with Gasteiger partial charge in [-0.15, -0.1) is 0 Å². The maximum absolute atomic E-state index is 4.64. The lowest BCUT2D eigenvalue weighted by Crippen LogP contribution is -2.22. The molecular weight excluding hydrogens is 244 g/mol. The van der Waals surface area contributed by atoms with E-state index in [-0.39, 0.29) is 6.04 Å². The van der Waals surface area contributed by atoms with E-state index in [9.17, 15) is 0 Å². The third-order valence-corrected chi connectivity index (χ3v) is 3.99. The zero-order chi connectivity index (χ0) is 14.7. The fourth-order valence-corrected chi connectivity index (χ4v) is 2.80. The van der Waals surface area contributed by atoms with Gasteiger partial charge in [-0.05, 0) is 69.0 Å². The van der Waals surface area contributed by atoms with Crippen molar-refractivity contribution in [3.63, 3.8) is 0 Å². The van der Waals surface area contributed by atoms with E-state index in [0.717, 1.165) is 12.1 Å². The second-order valence-electron chi connectivity index (χ2n) is 5.63. The zero-order valence-electron chi connectivity index (χ0n) is 13.1. The Labute approximate surface area is 122 Å². The molecule has 0 bridgehead atoms. The molecule has 0 fully saturated rings. The number of hydrogen-bond donors (Lipinski definition) is 1. The van der Waals surface area contributed by atoms with Crippen molar-refractivity contribution in [1.29, 1.82) is 0 Å². The minimum atomic E-state index is 0.260. The van der Waals surface area contributed by atoms with Crippen LogP contribution in [-0.2, 0) is 6.42 Å². The predicted octanol–water partition coefficient (Wildman–Crippen LogP) is 3.82. The lowest BCUT2D eigenvalue weighted by atomic mass is 9.93. The number of nitrogens with one attached hydrogen (secondary N) is 1. The Hall–Kier alpha value is -1.67. The van der Waals surface area contributed by atoms with Crippen molar-refractivity contribution in [3.05, 3.63) is 64.0 Å². The van der Waals surface area contributed by atoms with Crippen molar-refractivity contribution in [1.82, 2.24) is 10.3 Å². The minimum absolute atomic E-state index is 0.260. The summed E-state index contributed by atoms with van der Waals surface area (Å²) in [5.41, 5.74) is 7.77. The summed E-state index contributed by atoms with van der Waals surface area (Å²) in [6, 6.07) is 8.96. The van der Waals surface area contributed by atoms with Gasteiger partial charge in [0, 0.05) is 6.20 Å². The average Bonchev–Trinajstić information content (AvgIpc) is 2.40. The first-order valence-corrected chi connectivity index (χ1v) is 7.18. The highest BCUT2D eigenvalue weighted by Gasteiger charge is 2.16. The van der Waals surface area contributed by atoms with E-state index in [2.05, 4.69) is 62.3 Å². The highest BCUT2D eigenvalue weighted by molar-refractivity contribution is 5.36. The Bertz CT molecular complexity index is 582. The largest absolute Gasteiger partial charge is 0.311 e. The standard InChI is InChI=1S/C18H24N2/c1-12-9-15(4)18(20-11-12)17(19-5)10-16-13(2)7-6-8-14(16)3/h6-9,11,17,19H,10H2,1-5H3. The lowest BCUT2D eigenvalue weighted by Gasteiger charge is -2.20. The maximum atomic E-state index is 4.64. The van der Waals surface area contributed by atoms with Gasteiger partial charge in [0.1, 0.15) is 0 Å². The van der Waals surface area contributed by atoms with Gasteiger partial charge in [-0.2, -0.15) is 0 Å². The van der Waals surface area contributed by atoms with E-state index < -0.39 is 0 Å². The monoisotopic (exact) mass is 268 g/mol. The Morgan fingerprint density at radius 1 is 1.05 bits per heavy atom. The van der Waals surface area contributed by atoms with Crippen LogP contribution in [0.15, 0.2) is 30.5 Å². The van der Waals surface area contributed by atoms with Crippen LogP contribution in [0.1, 0.15) is 39.6 Å². The van der Waals surface area contributed by atoms with E-state index in [1.165, 1.54) is 27.8 Å². The number of aromatic nitrogens is 1. The molecule has 0 saturated carbocycles. The molecule has 0 aliphatic rings. The number of nitrogens with zero attached hydrogens (tertiary/aromatic N) is 1. The number of benzene rings is 1. The van der Waals surface area contributed by atoms with Gasteiger partial charge in [-0.25, -0.2) is 0 Å². The molecule has 1 N–H and O–H groups in total. The SMILES string of the molecule is CNC(Cc1c(C)cccc1C)c1ncc(C)cc1C. The summed E-state index contributed by atoms with van der Waals surface area (Å²) in [6.07, 6.45) is 2.93. The molecule has 1 unspecified atom stereocenters. The summed E-state index contributed by atoms with van der Waals surface area (Å²) in [4.78, 5) is 4.64. The third-order valence-electron chi connectivity index (χ3n) is 3.99. The second-order valence-corrected chi connectivity index (χ2v) is 5.63. The van der Waals surface area contributed by atoms with Crippen LogP contribution in [0, 0.1) is 27.7 Å². The molecule has 2 heteroatoms. The smallest absolute Gasteiger partial charge is 0.0605 e. The molecule has 20 heavy (non-hydrogen) atoms. The van der Waals surface area contributed by atoms with E-state index in [1.807, 2.05) is 13.2 Å². The molecule has 1 atom stereocenters. The molecule has 2 rings (SSSR count). The van der Waals surface area contributed by atoms with E-state index >= 15 is 0 Å². The summed E-state index contributed by atoms with van der Waals surface area (Å²) in [5.74, 6) is 0. The minimum Gasteiger partial charge on any atom is -0.311 e. The van der Waals surface area contributed by atoms with Crippen LogP contribution >= 0.6 is 0 Å². The molecule has 0 aliphatic carbocycles. The summed E-state index contributed by atoms with van der Waals surface area (Å²) in [5, 5.41) is 3.42. The molecule has 2 nitrogen and oxygen atoms in total. The fourth-order valence-electron chi connectivity index (χ4n) is 2.80. The van der Waals surface area contributed by atoms with Crippen molar-refractivity contribution >= 4 is 0 Å². The zero-order valence-corrected chi connectivity index (χ0v) is 13.1. The third kappa shape index (κ3) is 3.07. The molecule has 0 spiro atoms. The first-order valence-electron chi connectivity index (χ1n) is 7.18. The molecule has 2 aromatic rings. The molecule has 1 aromatic carbocycles. The first-order chi connectivity index (χ1) is 9.52. The summed E-state index contributed by atoms with van der Waals surface area (Å²) in [7, 11) is 2.01. The first kappa shape index (κ1) is 14.7. The van der Waals surface area contributed by atoms with Crippen LogP contribution in [0.5, 0.6) is 0 Å². The Morgan fingerprint density at radius 3 is 2.25 bits per heavy atom. The molecule has 0 aliphatic heterocycles. The highest BCUT2D eigenvalue weighted by atomic mass is 14.9. The maximum Gasteiger partial charge on any atom is 0.0605 e. The summed E-state index contributed by atoms with van der Waals surface area (Å²) < 4.78 is 0.